The zero-order chi connectivity index (χ0) is 14.4. The van der Waals surface area contributed by atoms with Crippen molar-refractivity contribution in [3.8, 4) is 5.75 Å². The van der Waals surface area contributed by atoms with Crippen LogP contribution in [-0.2, 0) is 13.0 Å². The van der Waals surface area contributed by atoms with Gasteiger partial charge in [0, 0.05) is 18.9 Å². The molecule has 1 atom stereocenters. The van der Waals surface area contributed by atoms with E-state index in [0.717, 1.165) is 31.0 Å². The number of methoxy groups -OCH3 is 1. The highest BCUT2D eigenvalue weighted by atomic mass is 16.5. The standard InChI is InChI=1S/C16H23N3O/c1-4-10-19-11-9-18-16(19)14(17-2)12-13-7-5-6-8-15(13)20-3/h5-9,11,14,17H,4,10,12H2,1-3H3. The summed E-state index contributed by atoms with van der Waals surface area (Å²) >= 11 is 0. The number of para-hydroxylation sites is 1. The Labute approximate surface area is 120 Å². The first kappa shape index (κ1) is 14.6. The van der Waals surface area contributed by atoms with Crippen molar-refractivity contribution in [3.05, 3.63) is 48.0 Å². The van der Waals surface area contributed by atoms with Crippen LogP contribution in [0.1, 0.15) is 30.8 Å². The normalized spacial score (nSPS) is 12.3. The van der Waals surface area contributed by atoms with Crippen LogP contribution in [0.25, 0.3) is 0 Å². The van der Waals surface area contributed by atoms with Crippen LogP contribution in [0, 0.1) is 0 Å². The molecule has 0 bridgehead atoms. The van der Waals surface area contributed by atoms with Crippen molar-refractivity contribution in [2.24, 2.45) is 0 Å². The van der Waals surface area contributed by atoms with E-state index in [-0.39, 0.29) is 6.04 Å². The number of hydrogen-bond donors (Lipinski definition) is 1. The molecule has 0 spiro atoms. The number of hydrogen-bond acceptors (Lipinski definition) is 3. The molecule has 108 valence electrons. The summed E-state index contributed by atoms with van der Waals surface area (Å²) in [6.45, 7) is 3.18. The quantitative estimate of drug-likeness (QED) is 0.843. The number of imidazole rings is 1. The topological polar surface area (TPSA) is 39.1 Å². The van der Waals surface area contributed by atoms with E-state index in [9.17, 15) is 0 Å². The molecule has 1 aromatic carbocycles. The Kier molecular flexibility index (Phi) is 5.18. The van der Waals surface area contributed by atoms with Crippen LogP contribution in [0.15, 0.2) is 36.7 Å². The van der Waals surface area contributed by atoms with Crippen LogP contribution in [0.2, 0.25) is 0 Å². The second kappa shape index (κ2) is 7.10. The van der Waals surface area contributed by atoms with E-state index in [0.29, 0.717) is 0 Å². The van der Waals surface area contributed by atoms with Gasteiger partial charge >= 0.3 is 0 Å². The number of benzene rings is 1. The second-order valence-corrected chi connectivity index (χ2v) is 4.84. The van der Waals surface area contributed by atoms with Crippen LogP contribution < -0.4 is 10.1 Å². The summed E-state index contributed by atoms with van der Waals surface area (Å²) in [4.78, 5) is 4.52. The van der Waals surface area contributed by atoms with Gasteiger partial charge in [0.25, 0.3) is 0 Å². The molecule has 0 radical (unpaired) electrons. The van der Waals surface area contributed by atoms with Crippen molar-refractivity contribution < 1.29 is 4.74 Å². The SMILES string of the molecule is CCCn1ccnc1C(Cc1ccccc1OC)NC. The van der Waals surface area contributed by atoms with Gasteiger partial charge in [-0.1, -0.05) is 25.1 Å². The van der Waals surface area contributed by atoms with Gasteiger partial charge in [0.05, 0.1) is 13.2 Å². The maximum Gasteiger partial charge on any atom is 0.126 e. The summed E-state index contributed by atoms with van der Waals surface area (Å²) in [5.41, 5.74) is 1.19. The Bertz CT molecular complexity index is 536. The van der Waals surface area contributed by atoms with Gasteiger partial charge in [-0.25, -0.2) is 4.98 Å². The van der Waals surface area contributed by atoms with Crippen molar-refractivity contribution >= 4 is 0 Å². The van der Waals surface area contributed by atoms with Crippen molar-refractivity contribution in [1.82, 2.24) is 14.9 Å². The Hall–Kier alpha value is -1.81. The molecule has 4 nitrogen and oxygen atoms in total. The molecule has 4 heteroatoms. The fourth-order valence-corrected chi connectivity index (χ4v) is 2.47. The minimum Gasteiger partial charge on any atom is -0.496 e. The molecule has 1 N–H and O–H groups in total. The van der Waals surface area contributed by atoms with Gasteiger partial charge in [0.15, 0.2) is 0 Å². The maximum absolute atomic E-state index is 5.43. The largest absolute Gasteiger partial charge is 0.496 e. The zero-order valence-corrected chi connectivity index (χ0v) is 12.5. The van der Waals surface area contributed by atoms with Gasteiger partial charge in [-0.3, -0.25) is 0 Å². The lowest BCUT2D eigenvalue weighted by Gasteiger charge is -2.19. The Balaban J connectivity index is 2.22. The van der Waals surface area contributed by atoms with Crippen molar-refractivity contribution in [2.75, 3.05) is 14.2 Å². The molecule has 1 unspecified atom stereocenters. The monoisotopic (exact) mass is 273 g/mol. The van der Waals surface area contributed by atoms with Crippen molar-refractivity contribution in [3.63, 3.8) is 0 Å². The van der Waals surface area contributed by atoms with Gasteiger partial charge in [-0.15, -0.1) is 0 Å². The average Bonchev–Trinajstić information content (AvgIpc) is 2.93. The average molecular weight is 273 g/mol. The van der Waals surface area contributed by atoms with E-state index in [2.05, 4.69) is 27.9 Å². The summed E-state index contributed by atoms with van der Waals surface area (Å²) in [5, 5.41) is 3.36. The molecule has 0 aliphatic heterocycles. The van der Waals surface area contributed by atoms with E-state index in [1.54, 1.807) is 7.11 Å². The third kappa shape index (κ3) is 3.20. The molecule has 0 aliphatic rings. The molecule has 0 aliphatic carbocycles. The molecule has 0 fully saturated rings. The van der Waals surface area contributed by atoms with E-state index in [1.807, 2.05) is 37.6 Å². The van der Waals surface area contributed by atoms with Gasteiger partial charge in [0.1, 0.15) is 11.6 Å². The summed E-state index contributed by atoms with van der Waals surface area (Å²) < 4.78 is 7.65. The lowest BCUT2D eigenvalue weighted by molar-refractivity contribution is 0.404. The smallest absolute Gasteiger partial charge is 0.126 e. The number of nitrogens with zero attached hydrogens (tertiary/aromatic N) is 2. The Morgan fingerprint density at radius 2 is 2.15 bits per heavy atom. The van der Waals surface area contributed by atoms with Gasteiger partial charge in [0.2, 0.25) is 0 Å². The molecule has 2 aromatic rings. The molecule has 0 amide bonds. The first-order valence-corrected chi connectivity index (χ1v) is 7.10. The third-order valence-electron chi connectivity index (χ3n) is 3.49. The fraction of sp³-hybridized carbons (Fsp3) is 0.438. The Morgan fingerprint density at radius 3 is 2.85 bits per heavy atom. The first-order valence-electron chi connectivity index (χ1n) is 7.10. The first-order chi connectivity index (χ1) is 9.80. The zero-order valence-electron chi connectivity index (χ0n) is 12.5. The molecule has 1 heterocycles. The highest BCUT2D eigenvalue weighted by Gasteiger charge is 2.17. The minimum atomic E-state index is 0.188. The lowest BCUT2D eigenvalue weighted by atomic mass is 10.0. The molecule has 20 heavy (non-hydrogen) atoms. The highest BCUT2D eigenvalue weighted by Crippen LogP contribution is 2.24. The van der Waals surface area contributed by atoms with Crippen LogP contribution in [0.4, 0.5) is 0 Å². The molecular weight excluding hydrogens is 250 g/mol. The predicted molar refractivity (Wildman–Crippen MR) is 81.0 cm³/mol. The van der Waals surface area contributed by atoms with Crippen molar-refractivity contribution in [1.29, 1.82) is 0 Å². The van der Waals surface area contributed by atoms with Crippen molar-refractivity contribution in [2.45, 2.75) is 32.4 Å². The molecule has 0 saturated heterocycles. The summed E-state index contributed by atoms with van der Waals surface area (Å²) in [6.07, 6.45) is 5.89. The molecule has 2 rings (SSSR count). The maximum atomic E-state index is 5.43. The highest BCUT2D eigenvalue weighted by molar-refractivity contribution is 5.34. The van der Waals surface area contributed by atoms with Gasteiger partial charge < -0.3 is 14.6 Å². The number of ether oxygens (including phenoxy) is 1. The Morgan fingerprint density at radius 1 is 1.35 bits per heavy atom. The van der Waals surface area contributed by atoms with Gasteiger partial charge in [-0.05, 0) is 31.5 Å². The molecule has 0 saturated carbocycles. The van der Waals surface area contributed by atoms with E-state index < -0.39 is 0 Å². The number of likely N-dealkylation sites (N-methyl/N-ethyl adjacent to an activating group) is 1. The van der Waals surface area contributed by atoms with E-state index >= 15 is 0 Å². The predicted octanol–water partition coefficient (Wildman–Crippen LogP) is 2.80. The van der Waals surface area contributed by atoms with Crippen LogP contribution in [0.5, 0.6) is 5.75 Å². The van der Waals surface area contributed by atoms with Crippen LogP contribution in [-0.4, -0.2) is 23.7 Å². The lowest BCUT2D eigenvalue weighted by Crippen LogP contribution is -2.23. The second-order valence-electron chi connectivity index (χ2n) is 4.84. The third-order valence-corrected chi connectivity index (χ3v) is 3.49. The van der Waals surface area contributed by atoms with Crippen LogP contribution >= 0.6 is 0 Å². The summed E-state index contributed by atoms with van der Waals surface area (Å²) in [5.74, 6) is 2.02. The van der Waals surface area contributed by atoms with E-state index in [4.69, 9.17) is 4.74 Å². The fourth-order valence-electron chi connectivity index (χ4n) is 2.47. The summed E-state index contributed by atoms with van der Waals surface area (Å²) in [7, 11) is 3.69. The van der Waals surface area contributed by atoms with Crippen LogP contribution in [0.3, 0.4) is 0 Å². The molecule has 1 aromatic heterocycles. The number of aryl methyl sites for hydroxylation is 1. The summed E-state index contributed by atoms with van der Waals surface area (Å²) in [6, 6.07) is 8.34. The number of nitrogens with one attached hydrogen (secondary N) is 1. The van der Waals surface area contributed by atoms with E-state index in [1.165, 1.54) is 5.56 Å². The number of rotatable bonds is 7. The molecular formula is C16H23N3O. The number of aromatic nitrogens is 2. The minimum absolute atomic E-state index is 0.188. The van der Waals surface area contributed by atoms with Gasteiger partial charge in [-0.2, -0.15) is 0 Å².